The van der Waals surface area contributed by atoms with Gasteiger partial charge >= 0.3 is 0 Å². The largest absolute Gasteiger partial charge is 0.310 e. The summed E-state index contributed by atoms with van der Waals surface area (Å²) in [5.74, 6) is 1.06. The smallest absolute Gasteiger partial charge is 0.228 e. The normalized spacial score (nSPS) is 18.5. The topological polar surface area (TPSA) is 76.0 Å². The Kier molecular flexibility index (Phi) is 2.87. The van der Waals surface area contributed by atoms with Crippen molar-refractivity contribution in [3.8, 4) is 0 Å². The standard InChI is InChI=1S/C11H16N4O2/c1-4-8(16)12-9-7-5-6(2)11(17)13-10(7)15(3)14-9/h6H,4-5H2,1-3H3,(H,13,17)(H,12,14,16). The molecule has 17 heavy (non-hydrogen) atoms. The first-order valence-corrected chi connectivity index (χ1v) is 5.69. The molecule has 1 aliphatic heterocycles. The van der Waals surface area contributed by atoms with Gasteiger partial charge in [-0.3, -0.25) is 14.3 Å². The summed E-state index contributed by atoms with van der Waals surface area (Å²) in [4.78, 5) is 22.9. The molecule has 2 amide bonds. The van der Waals surface area contributed by atoms with Crippen LogP contribution < -0.4 is 10.6 Å². The van der Waals surface area contributed by atoms with Gasteiger partial charge in [0, 0.05) is 24.9 Å². The van der Waals surface area contributed by atoms with E-state index < -0.39 is 0 Å². The number of aryl methyl sites for hydroxylation is 1. The number of rotatable bonds is 2. The lowest BCUT2D eigenvalue weighted by Gasteiger charge is -2.19. The van der Waals surface area contributed by atoms with Gasteiger partial charge in [0.2, 0.25) is 11.8 Å². The molecule has 1 aliphatic rings. The maximum atomic E-state index is 11.6. The van der Waals surface area contributed by atoms with Gasteiger partial charge in [-0.1, -0.05) is 13.8 Å². The van der Waals surface area contributed by atoms with E-state index >= 15 is 0 Å². The van der Waals surface area contributed by atoms with Crippen molar-refractivity contribution in [2.24, 2.45) is 13.0 Å². The van der Waals surface area contributed by atoms with Crippen LogP contribution in [0.15, 0.2) is 0 Å². The summed E-state index contributed by atoms with van der Waals surface area (Å²) in [6.45, 7) is 3.64. The highest BCUT2D eigenvalue weighted by atomic mass is 16.2. The van der Waals surface area contributed by atoms with Gasteiger partial charge in [-0.2, -0.15) is 5.10 Å². The highest BCUT2D eigenvalue weighted by Crippen LogP contribution is 2.30. The van der Waals surface area contributed by atoms with Crippen molar-refractivity contribution in [1.29, 1.82) is 0 Å². The van der Waals surface area contributed by atoms with Crippen LogP contribution in [0.4, 0.5) is 11.6 Å². The van der Waals surface area contributed by atoms with E-state index in [1.165, 1.54) is 0 Å². The average molecular weight is 236 g/mol. The fourth-order valence-corrected chi connectivity index (χ4v) is 1.88. The minimum Gasteiger partial charge on any atom is -0.310 e. The molecule has 0 radical (unpaired) electrons. The van der Waals surface area contributed by atoms with Crippen molar-refractivity contribution in [2.75, 3.05) is 10.6 Å². The number of amides is 2. The molecule has 0 saturated carbocycles. The SMILES string of the molecule is CCC(=O)Nc1nn(C)c2c1CC(C)C(=O)N2. The number of carbonyl (C=O) groups is 2. The van der Waals surface area contributed by atoms with Crippen LogP contribution in [0.2, 0.25) is 0 Å². The molecule has 1 unspecified atom stereocenters. The van der Waals surface area contributed by atoms with E-state index in [1.54, 1.807) is 18.7 Å². The third-order valence-corrected chi connectivity index (χ3v) is 2.92. The first kappa shape index (κ1) is 11.6. The molecule has 1 aromatic rings. The second-order valence-electron chi connectivity index (χ2n) is 4.30. The lowest BCUT2D eigenvalue weighted by Crippen LogP contribution is -2.28. The lowest BCUT2D eigenvalue weighted by atomic mass is 9.98. The third-order valence-electron chi connectivity index (χ3n) is 2.92. The fourth-order valence-electron chi connectivity index (χ4n) is 1.88. The summed E-state index contributed by atoms with van der Waals surface area (Å²) >= 11 is 0. The Morgan fingerprint density at radius 3 is 3.00 bits per heavy atom. The number of carbonyl (C=O) groups excluding carboxylic acids is 2. The Morgan fingerprint density at radius 2 is 2.35 bits per heavy atom. The lowest BCUT2D eigenvalue weighted by molar-refractivity contribution is -0.119. The first-order valence-electron chi connectivity index (χ1n) is 5.69. The molecule has 2 heterocycles. The predicted octanol–water partition coefficient (Wildman–Crippen LogP) is 0.899. The summed E-state index contributed by atoms with van der Waals surface area (Å²) in [7, 11) is 1.75. The van der Waals surface area contributed by atoms with Crippen LogP contribution in [0.25, 0.3) is 0 Å². The molecule has 92 valence electrons. The van der Waals surface area contributed by atoms with Gasteiger partial charge in [-0.05, 0) is 6.42 Å². The Morgan fingerprint density at radius 1 is 1.65 bits per heavy atom. The van der Waals surface area contributed by atoms with Gasteiger partial charge in [0.15, 0.2) is 5.82 Å². The average Bonchev–Trinajstić information content (AvgIpc) is 2.57. The van der Waals surface area contributed by atoms with E-state index in [4.69, 9.17) is 0 Å². The molecular formula is C11H16N4O2. The maximum absolute atomic E-state index is 11.6. The highest BCUT2D eigenvalue weighted by Gasteiger charge is 2.28. The zero-order chi connectivity index (χ0) is 12.6. The molecule has 1 atom stereocenters. The summed E-state index contributed by atoms with van der Waals surface area (Å²) in [5, 5.41) is 9.77. The first-order chi connectivity index (χ1) is 8.02. The molecule has 2 rings (SSSR count). The van der Waals surface area contributed by atoms with Gasteiger partial charge < -0.3 is 10.6 Å². The van der Waals surface area contributed by atoms with E-state index in [9.17, 15) is 9.59 Å². The van der Waals surface area contributed by atoms with E-state index in [1.807, 2.05) is 6.92 Å². The number of anilines is 2. The molecular weight excluding hydrogens is 220 g/mol. The van der Waals surface area contributed by atoms with E-state index in [2.05, 4.69) is 15.7 Å². The number of hydrogen-bond acceptors (Lipinski definition) is 3. The number of nitrogens with zero attached hydrogens (tertiary/aromatic N) is 2. The molecule has 0 aromatic carbocycles. The van der Waals surface area contributed by atoms with E-state index in [0.29, 0.717) is 24.5 Å². The number of fused-ring (bicyclic) bond motifs is 1. The summed E-state index contributed by atoms with van der Waals surface area (Å²) in [5.41, 5.74) is 0.904. The number of hydrogen-bond donors (Lipinski definition) is 2. The van der Waals surface area contributed by atoms with Gasteiger partial charge in [-0.25, -0.2) is 0 Å². The number of aromatic nitrogens is 2. The van der Waals surface area contributed by atoms with Gasteiger partial charge in [0.05, 0.1) is 0 Å². The predicted molar refractivity (Wildman–Crippen MR) is 63.6 cm³/mol. The minimum atomic E-state index is -0.0935. The minimum absolute atomic E-state index is 0.00568. The number of nitrogens with one attached hydrogen (secondary N) is 2. The fraction of sp³-hybridized carbons (Fsp3) is 0.545. The van der Waals surface area contributed by atoms with E-state index in [0.717, 1.165) is 5.56 Å². The molecule has 6 heteroatoms. The van der Waals surface area contributed by atoms with Gasteiger partial charge in [0.25, 0.3) is 0 Å². The van der Waals surface area contributed by atoms with Crippen LogP contribution in [-0.2, 0) is 23.1 Å². The Balaban J connectivity index is 2.34. The Hall–Kier alpha value is -1.85. The molecule has 0 fully saturated rings. The van der Waals surface area contributed by atoms with Crippen LogP contribution in [-0.4, -0.2) is 21.6 Å². The zero-order valence-electron chi connectivity index (χ0n) is 10.2. The van der Waals surface area contributed by atoms with Crippen LogP contribution in [0.5, 0.6) is 0 Å². The second kappa shape index (κ2) is 4.20. The van der Waals surface area contributed by atoms with Gasteiger partial charge in [-0.15, -0.1) is 0 Å². The van der Waals surface area contributed by atoms with Crippen molar-refractivity contribution in [2.45, 2.75) is 26.7 Å². The summed E-state index contributed by atoms with van der Waals surface area (Å²) in [6.07, 6.45) is 1.02. The van der Waals surface area contributed by atoms with Crippen molar-refractivity contribution in [3.05, 3.63) is 5.56 Å². The Labute approximate surface area is 99.4 Å². The van der Waals surface area contributed by atoms with Gasteiger partial charge in [0.1, 0.15) is 5.82 Å². The quantitative estimate of drug-likeness (QED) is 0.801. The van der Waals surface area contributed by atoms with Crippen molar-refractivity contribution >= 4 is 23.5 Å². The maximum Gasteiger partial charge on any atom is 0.228 e. The van der Waals surface area contributed by atoms with Crippen LogP contribution in [0.1, 0.15) is 25.8 Å². The van der Waals surface area contributed by atoms with Crippen LogP contribution in [0.3, 0.4) is 0 Å². The van der Waals surface area contributed by atoms with Crippen LogP contribution in [0, 0.1) is 5.92 Å². The monoisotopic (exact) mass is 236 g/mol. The second-order valence-corrected chi connectivity index (χ2v) is 4.30. The molecule has 0 spiro atoms. The van der Waals surface area contributed by atoms with Crippen molar-refractivity contribution < 1.29 is 9.59 Å². The Bertz CT molecular complexity index is 478. The molecule has 2 N–H and O–H groups in total. The molecule has 6 nitrogen and oxygen atoms in total. The molecule has 1 aromatic heterocycles. The molecule has 0 saturated heterocycles. The van der Waals surface area contributed by atoms with Crippen molar-refractivity contribution in [3.63, 3.8) is 0 Å². The van der Waals surface area contributed by atoms with Crippen molar-refractivity contribution in [1.82, 2.24) is 9.78 Å². The summed E-state index contributed by atoms with van der Waals surface area (Å²) < 4.78 is 1.59. The highest BCUT2D eigenvalue weighted by molar-refractivity contribution is 5.97. The zero-order valence-corrected chi connectivity index (χ0v) is 10.2. The molecule has 0 aliphatic carbocycles. The summed E-state index contributed by atoms with van der Waals surface area (Å²) in [6, 6.07) is 0. The van der Waals surface area contributed by atoms with E-state index in [-0.39, 0.29) is 17.7 Å². The molecule has 0 bridgehead atoms. The third kappa shape index (κ3) is 2.02. The van der Waals surface area contributed by atoms with Crippen LogP contribution >= 0.6 is 0 Å².